The second-order valence-electron chi connectivity index (χ2n) is 8.22. The van der Waals surface area contributed by atoms with E-state index in [2.05, 4.69) is 36.3 Å². The first-order valence-corrected chi connectivity index (χ1v) is 10.8. The summed E-state index contributed by atoms with van der Waals surface area (Å²) in [5.41, 5.74) is 0.967. The fourth-order valence-corrected chi connectivity index (χ4v) is 3.89. The van der Waals surface area contributed by atoms with Crippen LogP contribution in [0.1, 0.15) is 40.0 Å². The second kappa shape index (κ2) is 10.6. The third-order valence-electron chi connectivity index (χ3n) is 5.09. The number of benzene rings is 1. The van der Waals surface area contributed by atoms with Gasteiger partial charge in [0, 0.05) is 44.4 Å². The van der Waals surface area contributed by atoms with Crippen LogP contribution in [0.5, 0.6) is 11.5 Å². The minimum Gasteiger partial charge on any atom is -0.490 e. The number of rotatable bonds is 6. The van der Waals surface area contributed by atoms with Gasteiger partial charge in [-0.05, 0) is 50.3 Å². The minimum atomic E-state index is 0.631. The number of piperidine rings is 1. The highest BCUT2D eigenvalue weighted by Gasteiger charge is 2.20. The van der Waals surface area contributed by atoms with E-state index in [1.165, 1.54) is 25.9 Å². The van der Waals surface area contributed by atoms with Gasteiger partial charge >= 0.3 is 0 Å². The summed E-state index contributed by atoms with van der Waals surface area (Å²) in [6.07, 6.45) is 3.46. The van der Waals surface area contributed by atoms with E-state index in [1.54, 1.807) is 0 Å². The Morgan fingerprint density at radius 1 is 1.21 bits per heavy atom. The van der Waals surface area contributed by atoms with Crippen molar-refractivity contribution in [3.63, 3.8) is 0 Å². The molecule has 28 heavy (non-hydrogen) atoms. The maximum Gasteiger partial charge on any atom is 0.195 e. The first-order valence-electron chi connectivity index (χ1n) is 10.8. The standard InChI is InChI=1S/C22H36N4O2/c1-4-23-22(24-14-18-7-5-10-26(16-18)15-17(2)3)25-19-8-9-20-21(13-19)28-12-6-11-27-20/h8-9,13,17-18H,4-7,10-12,14-16H2,1-3H3,(H2,23,24,25). The van der Waals surface area contributed by atoms with Gasteiger partial charge in [0.1, 0.15) is 0 Å². The molecule has 2 heterocycles. The van der Waals surface area contributed by atoms with Gasteiger partial charge < -0.3 is 25.0 Å². The second-order valence-corrected chi connectivity index (χ2v) is 8.22. The molecule has 0 amide bonds. The van der Waals surface area contributed by atoms with Crippen molar-refractivity contribution in [3.8, 4) is 11.5 Å². The van der Waals surface area contributed by atoms with Crippen LogP contribution >= 0.6 is 0 Å². The van der Waals surface area contributed by atoms with Crippen LogP contribution in [0.2, 0.25) is 0 Å². The Balaban J connectivity index is 1.60. The SMILES string of the molecule is CCNC(=NCC1CCCN(CC(C)C)C1)Nc1ccc2c(c1)OCCCO2. The lowest BCUT2D eigenvalue weighted by Crippen LogP contribution is -2.39. The van der Waals surface area contributed by atoms with Crippen LogP contribution in [0.4, 0.5) is 5.69 Å². The van der Waals surface area contributed by atoms with Crippen molar-refractivity contribution in [2.75, 3.05) is 51.3 Å². The molecule has 1 aromatic rings. The number of nitrogens with zero attached hydrogens (tertiary/aromatic N) is 2. The molecule has 1 saturated heterocycles. The summed E-state index contributed by atoms with van der Waals surface area (Å²) in [5.74, 6) is 3.80. The lowest BCUT2D eigenvalue weighted by atomic mass is 9.97. The maximum atomic E-state index is 5.80. The number of aliphatic imine (C=N–C) groups is 1. The molecular formula is C22H36N4O2. The number of fused-ring (bicyclic) bond motifs is 1. The fraction of sp³-hybridized carbons (Fsp3) is 0.682. The van der Waals surface area contributed by atoms with Gasteiger partial charge in [-0.15, -0.1) is 0 Å². The summed E-state index contributed by atoms with van der Waals surface area (Å²) in [7, 11) is 0. The third kappa shape index (κ3) is 6.30. The van der Waals surface area contributed by atoms with Crippen molar-refractivity contribution in [1.29, 1.82) is 0 Å². The van der Waals surface area contributed by atoms with Gasteiger partial charge in [0.25, 0.3) is 0 Å². The van der Waals surface area contributed by atoms with Crippen LogP contribution in [0.15, 0.2) is 23.2 Å². The Kier molecular flexibility index (Phi) is 7.83. The van der Waals surface area contributed by atoms with E-state index in [1.807, 2.05) is 18.2 Å². The predicted octanol–water partition coefficient (Wildman–Crippen LogP) is 3.59. The Hall–Kier alpha value is -1.95. The van der Waals surface area contributed by atoms with Crippen molar-refractivity contribution in [2.45, 2.75) is 40.0 Å². The molecule has 1 atom stereocenters. The van der Waals surface area contributed by atoms with E-state index < -0.39 is 0 Å². The zero-order chi connectivity index (χ0) is 19.8. The van der Waals surface area contributed by atoms with Crippen molar-refractivity contribution in [3.05, 3.63) is 18.2 Å². The zero-order valence-corrected chi connectivity index (χ0v) is 17.7. The van der Waals surface area contributed by atoms with E-state index >= 15 is 0 Å². The van der Waals surface area contributed by atoms with Crippen LogP contribution in [-0.4, -0.2) is 56.8 Å². The molecule has 2 aliphatic heterocycles. The summed E-state index contributed by atoms with van der Waals surface area (Å²) in [6.45, 7) is 13.4. The molecule has 6 heteroatoms. The molecule has 1 unspecified atom stereocenters. The topological polar surface area (TPSA) is 58.1 Å². The first kappa shape index (κ1) is 20.8. The maximum absolute atomic E-state index is 5.80. The number of nitrogens with one attached hydrogen (secondary N) is 2. The molecule has 2 N–H and O–H groups in total. The Labute approximate surface area is 169 Å². The summed E-state index contributed by atoms with van der Waals surface area (Å²) >= 11 is 0. The molecule has 2 aliphatic rings. The molecule has 0 aliphatic carbocycles. The molecular weight excluding hydrogens is 352 g/mol. The molecule has 1 fully saturated rings. The molecule has 0 aromatic heterocycles. The highest BCUT2D eigenvalue weighted by molar-refractivity contribution is 5.93. The normalized spacial score (nSPS) is 20.7. The summed E-state index contributed by atoms with van der Waals surface area (Å²) in [4.78, 5) is 7.47. The molecule has 0 spiro atoms. The number of anilines is 1. The van der Waals surface area contributed by atoms with E-state index in [4.69, 9.17) is 14.5 Å². The van der Waals surface area contributed by atoms with E-state index in [0.29, 0.717) is 19.1 Å². The number of hydrogen-bond acceptors (Lipinski definition) is 4. The highest BCUT2D eigenvalue weighted by Crippen LogP contribution is 2.32. The van der Waals surface area contributed by atoms with E-state index in [9.17, 15) is 0 Å². The lowest BCUT2D eigenvalue weighted by molar-refractivity contribution is 0.162. The van der Waals surface area contributed by atoms with Crippen LogP contribution in [0, 0.1) is 11.8 Å². The first-order chi connectivity index (χ1) is 13.6. The molecule has 0 bridgehead atoms. The average Bonchev–Trinajstić information content (AvgIpc) is 2.91. The summed E-state index contributed by atoms with van der Waals surface area (Å²) < 4.78 is 11.5. The number of hydrogen-bond donors (Lipinski definition) is 2. The number of guanidine groups is 1. The highest BCUT2D eigenvalue weighted by atomic mass is 16.5. The smallest absolute Gasteiger partial charge is 0.195 e. The van der Waals surface area contributed by atoms with Crippen LogP contribution in [-0.2, 0) is 0 Å². The molecule has 6 nitrogen and oxygen atoms in total. The number of likely N-dealkylation sites (tertiary alicyclic amines) is 1. The molecule has 3 rings (SSSR count). The Bertz CT molecular complexity index is 647. The molecule has 156 valence electrons. The quantitative estimate of drug-likeness (QED) is 0.576. The summed E-state index contributed by atoms with van der Waals surface area (Å²) in [5, 5.41) is 6.78. The van der Waals surface area contributed by atoms with Crippen molar-refractivity contribution >= 4 is 11.6 Å². The van der Waals surface area contributed by atoms with Gasteiger partial charge in [0.15, 0.2) is 17.5 Å². The average molecular weight is 389 g/mol. The van der Waals surface area contributed by atoms with Gasteiger partial charge in [-0.25, -0.2) is 0 Å². The van der Waals surface area contributed by atoms with Crippen LogP contribution in [0.25, 0.3) is 0 Å². The molecule has 1 aromatic carbocycles. The zero-order valence-electron chi connectivity index (χ0n) is 17.7. The van der Waals surface area contributed by atoms with Crippen LogP contribution in [0.3, 0.4) is 0 Å². The number of ether oxygens (including phenoxy) is 2. The van der Waals surface area contributed by atoms with Gasteiger partial charge in [-0.3, -0.25) is 4.99 Å². The lowest BCUT2D eigenvalue weighted by Gasteiger charge is -2.33. The van der Waals surface area contributed by atoms with Gasteiger partial charge in [0.05, 0.1) is 13.2 Å². The predicted molar refractivity (Wildman–Crippen MR) is 116 cm³/mol. The van der Waals surface area contributed by atoms with Crippen molar-refractivity contribution in [1.82, 2.24) is 10.2 Å². The summed E-state index contributed by atoms with van der Waals surface area (Å²) in [6, 6.07) is 5.99. The third-order valence-corrected chi connectivity index (χ3v) is 5.09. The Morgan fingerprint density at radius 3 is 2.82 bits per heavy atom. The Morgan fingerprint density at radius 2 is 2.04 bits per heavy atom. The minimum absolute atomic E-state index is 0.631. The fourth-order valence-electron chi connectivity index (χ4n) is 3.89. The van der Waals surface area contributed by atoms with Gasteiger partial charge in [-0.2, -0.15) is 0 Å². The van der Waals surface area contributed by atoms with E-state index in [-0.39, 0.29) is 0 Å². The largest absolute Gasteiger partial charge is 0.490 e. The molecule has 0 saturated carbocycles. The van der Waals surface area contributed by atoms with Gasteiger partial charge in [0.2, 0.25) is 0 Å². The monoisotopic (exact) mass is 388 g/mol. The van der Waals surface area contributed by atoms with E-state index in [0.717, 1.165) is 55.1 Å². The van der Waals surface area contributed by atoms with Gasteiger partial charge in [-0.1, -0.05) is 13.8 Å². The van der Waals surface area contributed by atoms with Crippen molar-refractivity contribution in [2.24, 2.45) is 16.8 Å². The van der Waals surface area contributed by atoms with Crippen molar-refractivity contribution < 1.29 is 9.47 Å². The van der Waals surface area contributed by atoms with Crippen LogP contribution < -0.4 is 20.1 Å². The molecule has 0 radical (unpaired) electrons.